The van der Waals surface area contributed by atoms with E-state index < -0.39 is 0 Å². The highest BCUT2D eigenvalue weighted by Gasteiger charge is 2.20. The van der Waals surface area contributed by atoms with E-state index in [2.05, 4.69) is 24.0 Å². The van der Waals surface area contributed by atoms with E-state index in [0.717, 1.165) is 77.6 Å². The second-order valence-electron chi connectivity index (χ2n) is 9.95. The molecule has 0 radical (unpaired) electrons. The second-order valence-corrected chi connectivity index (χ2v) is 9.95. The summed E-state index contributed by atoms with van der Waals surface area (Å²) in [6.45, 7) is 5.84. The van der Waals surface area contributed by atoms with E-state index >= 15 is 0 Å². The third-order valence-electron chi connectivity index (χ3n) is 7.35. The molecule has 5 rings (SSSR count). The molecule has 0 N–H and O–H groups in total. The number of aromatic nitrogens is 1. The van der Waals surface area contributed by atoms with E-state index in [4.69, 9.17) is 33.4 Å². The zero-order chi connectivity index (χ0) is 28.8. The second kappa shape index (κ2) is 13.0. The number of hydrogen-bond donors (Lipinski definition) is 0. The highest BCUT2D eigenvalue weighted by Crippen LogP contribution is 2.39. The fourth-order valence-corrected chi connectivity index (χ4v) is 5.17. The molecular formula is C33H38N2O6. The molecule has 1 aromatic heterocycles. The molecule has 0 fully saturated rings. The molecular weight excluding hydrogens is 520 g/mol. The average Bonchev–Trinajstić information content (AvgIpc) is 3.02. The van der Waals surface area contributed by atoms with Crippen LogP contribution in [0.3, 0.4) is 0 Å². The quantitative estimate of drug-likeness (QED) is 0.205. The topological polar surface area (TPSA) is 71.5 Å². The van der Waals surface area contributed by atoms with Gasteiger partial charge in [0, 0.05) is 43.4 Å². The predicted octanol–water partition coefficient (Wildman–Crippen LogP) is 6.16. The molecule has 0 unspecified atom stereocenters. The number of fused-ring (bicyclic) bond motifs is 2. The van der Waals surface area contributed by atoms with Crippen LogP contribution in [-0.2, 0) is 13.0 Å². The first kappa shape index (κ1) is 28.4. The third-order valence-corrected chi connectivity index (χ3v) is 7.35. The molecule has 4 aromatic rings. The summed E-state index contributed by atoms with van der Waals surface area (Å²) in [5.74, 6) is 4.43. The zero-order valence-corrected chi connectivity index (χ0v) is 24.5. The third kappa shape index (κ3) is 6.28. The van der Waals surface area contributed by atoms with Crippen LogP contribution >= 0.6 is 0 Å². The lowest BCUT2D eigenvalue weighted by Gasteiger charge is -2.29. The Bertz CT molecular complexity index is 1490. The van der Waals surface area contributed by atoms with E-state index in [1.807, 2.05) is 42.5 Å². The lowest BCUT2D eigenvalue weighted by molar-refractivity contribution is 0.196. The Balaban J connectivity index is 1.39. The Morgan fingerprint density at radius 1 is 0.707 bits per heavy atom. The predicted molar refractivity (Wildman–Crippen MR) is 160 cm³/mol. The number of ether oxygens (including phenoxy) is 6. The van der Waals surface area contributed by atoms with Crippen LogP contribution in [0.4, 0.5) is 0 Å². The van der Waals surface area contributed by atoms with Crippen molar-refractivity contribution in [3.05, 3.63) is 65.7 Å². The van der Waals surface area contributed by atoms with E-state index in [-0.39, 0.29) is 0 Å². The van der Waals surface area contributed by atoms with Gasteiger partial charge in [-0.15, -0.1) is 0 Å². The maximum absolute atomic E-state index is 6.47. The van der Waals surface area contributed by atoms with Gasteiger partial charge in [-0.05, 0) is 60.4 Å². The maximum atomic E-state index is 6.47. The Labute approximate surface area is 241 Å². The van der Waals surface area contributed by atoms with Crippen LogP contribution in [0.25, 0.3) is 22.2 Å². The summed E-state index contributed by atoms with van der Waals surface area (Å²) in [5.41, 5.74) is 5.07. The molecule has 0 spiro atoms. The molecule has 41 heavy (non-hydrogen) atoms. The van der Waals surface area contributed by atoms with Crippen molar-refractivity contribution in [3.8, 4) is 45.8 Å². The van der Waals surface area contributed by atoms with E-state index in [1.165, 1.54) is 11.1 Å². The van der Waals surface area contributed by atoms with Crippen molar-refractivity contribution in [2.45, 2.75) is 26.3 Å². The van der Waals surface area contributed by atoms with Crippen LogP contribution < -0.4 is 28.4 Å². The van der Waals surface area contributed by atoms with Crippen LogP contribution in [0.5, 0.6) is 34.5 Å². The minimum absolute atomic E-state index is 0.514. The van der Waals surface area contributed by atoms with Crippen LogP contribution in [0, 0.1) is 0 Å². The molecule has 216 valence electrons. The van der Waals surface area contributed by atoms with Crippen molar-refractivity contribution in [3.63, 3.8) is 0 Å². The van der Waals surface area contributed by atoms with Crippen molar-refractivity contribution >= 4 is 10.9 Å². The number of rotatable bonds is 12. The minimum Gasteiger partial charge on any atom is -0.497 e. The molecule has 8 nitrogen and oxygen atoms in total. The summed E-state index contributed by atoms with van der Waals surface area (Å²) in [5, 5.41) is 0.820. The van der Waals surface area contributed by atoms with Gasteiger partial charge in [-0.1, -0.05) is 6.92 Å². The highest BCUT2D eigenvalue weighted by atomic mass is 16.5. The standard InChI is InChI=1S/C33H38N2O6/c1-6-14-40-25-9-7-22(8-10-25)27-20-32(33-28(34-27)18-26(36-2)19-31(33)39-5)41-15-13-35-12-11-23-16-29(37-3)30(38-4)17-24(23)21-35/h7-10,16-20H,6,11-15,21H2,1-5H3. The molecule has 0 aliphatic carbocycles. The Kier molecular flexibility index (Phi) is 8.99. The fraction of sp³-hybridized carbons (Fsp3) is 0.364. The van der Waals surface area contributed by atoms with Gasteiger partial charge in [0.1, 0.15) is 29.6 Å². The van der Waals surface area contributed by atoms with E-state index in [9.17, 15) is 0 Å². The number of methoxy groups -OCH3 is 4. The summed E-state index contributed by atoms with van der Waals surface area (Å²) in [6, 6.07) is 17.9. The molecule has 0 amide bonds. The van der Waals surface area contributed by atoms with Gasteiger partial charge in [0.2, 0.25) is 0 Å². The smallest absolute Gasteiger partial charge is 0.161 e. The molecule has 1 aliphatic heterocycles. The Morgan fingerprint density at radius 2 is 1.44 bits per heavy atom. The average molecular weight is 559 g/mol. The lowest BCUT2D eigenvalue weighted by atomic mass is 9.99. The van der Waals surface area contributed by atoms with Gasteiger partial charge in [-0.2, -0.15) is 0 Å². The first-order valence-electron chi connectivity index (χ1n) is 14.0. The van der Waals surface area contributed by atoms with Gasteiger partial charge in [-0.25, -0.2) is 4.98 Å². The summed E-state index contributed by atoms with van der Waals surface area (Å²) >= 11 is 0. The first-order chi connectivity index (χ1) is 20.1. The van der Waals surface area contributed by atoms with Crippen molar-refractivity contribution in [1.82, 2.24) is 9.88 Å². The molecule has 3 aromatic carbocycles. The summed E-state index contributed by atoms with van der Waals surface area (Å²) < 4.78 is 34.5. The number of nitrogens with zero attached hydrogens (tertiary/aromatic N) is 2. The van der Waals surface area contributed by atoms with Crippen LogP contribution in [-0.4, -0.2) is 64.6 Å². The van der Waals surface area contributed by atoms with Gasteiger partial charge < -0.3 is 28.4 Å². The van der Waals surface area contributed by atoms with Crippen molar-refractivity contribution in [1.29, 1.82) is 0 Å². The molecule has 0 saturated heterocycles. The van der Waals surface area contributed by atoms with Crippen molar-refractivity contribution in [2.24, 2.45) is 0 Å². The molecule has 0 bridgehead atoms. The fourth-order valence-electron chi connectivity index (χ4n) is 5.17. The molecule has 8 heteroatoms. The van der Waals surface area contributed by atoms with E-state index in [1.54, 1.807) is 28.4 Å². The van der Waals surface area contributed by atoms with Gasteiger partial charge in [-0.3, -0.25) is 4.90 Å². The Morgan fingerprint density at radius 3 is 2.12 bits per heavy atom. The van der Waals surface area contributed by atoms with Crippen molar-refractivity contribution in [2.75, 3.05) is 54.7 Å². The monoisotopic (exact) mass is 558 g/mol. The zero-order valence-electron chi connectivity index (χ0n) is 24.5. The van der Waals surface area contributed by atoms with Crippen LogP contribution in [0.2, 0.25) is 0 Å². The largest absolute Gasteiger partial charge is 0.497 e. The summed E-state index contributed by atoms with van der Waals surface area (Å²) in [7, 11) is 6.63. The van der Waals surface area contributed by atoms with Crippen molar-refractivity contribution < 1.29 is 28.4 Å². The van der Waals surface area contributed by atoms with Crippen LogP contribution in [0.1, 0.15) is 24.5 Å². The summed E-state index contributed by atoms with van der Waals surface area (Å²) in [4.78, 5) is 7.35. The van der Waals surface area contributed by atoms with Crippen LogP contribution in [0.15, 0.2) is 54.6 Å². The van der Waals surface area contributed by atoms with E-state index in [0.29, 0.717) is 24.7 Å². The number of pyridine rings is 1. The van der Waals surface area contributed by atoms with Gasteiger partial charge >= 0.3 is 0 Å². The SMILES string of the molecule is CCCOc1ccc(-c2cc(OCCN3CCc4cc(OC)c(OC)cc4C3)c3c(OC)cc(OC)cc3n2)cc1. The normalized spacial score (nSPS) is 13.0. The number of hydrogen-bond acceptors (Lipinski definition) is 8. The Hall–Kier alpha value is -4.17. The maximum Gasteiger partial charge on any atom is 0.161 e. The van der Waals surface area contributed by atoms with Gasteiger partial charge in [0.25, 0.3) is 0 Å². The molecule has 1 aliphatic rings. The molecule has 2 heterocycles. The molecule has 0 atom stereocenters. The first-order valence-corrected chi connectivity index (χ1v) is 14.0. The highest BCUT2D eigenvalue weighted by molar-refractivity contribution is 5.94. The van der Waals surface area contributed by atoms with Gasteiger partial charge in [0.05, 0.1) is 51.6 Å². The lowest BCUT2D eigenvalue weighted by Crippen LogP contribution is -2.33. The molecule has 0 saturated carbocycles. The minimum atomic E-state index is 0.514. The van der Waals surface area contributed by atoms with Gasteiger partial charge in [0.15, 0.2) is 11.5 Å². The summed E-state index contributed by atoms with van der Waals surface area (Å²) in [6.07, 6.45) is 1.91. The number of benzene rings is 3.